The van der Waals surface area contributed by atoms with Crippen molar-refractivity contribution in [1.29, 1.82) is 5.26 Å². The third-order valence-electron chi connectivity index (χ3n) is 4.51. The summed E-state index contributed by atoms with van der Waals surface area (Å²) in [4.78, 5) is 12.5. The van der Waals surface area contributed by atoms with Crippen LogP contribution < -0.4 is 14.8 Å². The summed E-state index contributed by atoms with van der Waals surface area (Å²) in [6, 6.07) is 20.5. The molecule has 0 heterocycles. The van der Waals surface area contributed by atoms with Crippen molar-refractivity contribution in [2.24, 2.45) is 0 Å². The SMILES string of the molecule is COc1ccc(NC(=O)/C(C#N)=C\c2cc(Br)c(OCc3cccc(C)c3)c(Br)c2)cc1. The van der Waals surface area contributed by atoms with Gasteiger partial charge in [-0.15, -0.1) is 0 Å². The molecule has 7 heteroatoms. The second kappa shape index (κ2) is 11.0. The van der Waals surface area contributed by atoms with Crippen molar-refractivity contribution in [2.75, 3.05) is 12.4 Å². The van der Waals surface area contributed by atoms with Crippen molar-refractivity contribution in [3.05, 3.63) is 91.9 Å². The molecule has 32 heavy (non-hydrogen) atoms. The van der Waals surface area contributed by atoms with E-state index in [4.69, 9.17) is 9.47 Å². The Hall–Kier alpha value is -3.08. The van der Waals surface area contributed by atoms with E-state index in [1.807, 2.05) is 31.2 Å². The Morgan fingerprint density at radius 3 is 2.38 bits per heavy atom. The topological polar surface area (TPSA) is 71.3 Å². The van der Waals surface area contributed by atoms with Crippen LogP contribution in [0.5, 0.6) is 11.5 Å². The molecule has 0 saturated carbocycles. The summed E-state index contributed by atoms with van der Waals surface area (Å²) in [7, 11) is 1.57. The standard InChI is InChI=1S/C25H20Br2N2O3/c1-16-4-3-5-17(10-16)15-32-24-22(26)12-18(13-23(24)27)11-19(14-28)25(30)29-20-6-8-21(31-2)9-7-20/h3-13H,15H2,1-2H3,(H,29,30)/b19-11-. The van der Waals surface area contributed by atoms with Crippen LogP contribution in [0.15, 0.2) is 75.2 Å². The van der Waals surface area contributed by atoms with Crippen molar-refractivity contribution < 1.29 is 14.3 Å². The Morgan fingerprint density at radius 2 is 1.78 bits per heavy atom. The van der Waals surface area contributed by atoms with Gasteiger partial charge in [-0.3, -0.25) is 4.79 Å². The summed E-state index contributed by atoms with van der Waals surface area (Å²) in [6.45, 7) is 2.45. The number of nitrogens with zero attached hydrogens (tertiary/aromatic N) is 1. The third-order valence-corrected chi connectivity index (χ3v) is 5.69. The lowest BCUT2D eigenvalue weighted by atomic mass is 10.1. The average Bonchev–Trinajstić information content (AvgIpc) is 2.77. The number of halogens is 2. The van der Waals surface area contributed by atoms with Crippen molar-refractivity contribution in [3.8, 4) is 17.6 Å². The van der Waals surface area contributed by atoms with Gasteiger partial charge in [-0.1, -0.05) is 29.8 Å². The first-order chi connectivity index (χ1) is 15.4. The number of carbonyl (C=O) groups is 1. The lowest BCUT2D eigenvalue weighted by molar-refractivity contribution is -0.112. The van der Waals surface area contributed by atoms with Crippen molar-refractivity contribution in [1.82, 2.24) is 0 Å². The van der Waals surface area contributed by atoms with Crippen LogP contribution in [-0.4, -0.2) is 13.0 Å². The molecule has 0 spiro atoms. The minimum Gasteiger partial charge on any atom is -0.497 e. The summed E-state index contributed by atoms with van der Waals surface area (Å²) >= 11 is 7.05. The number of nitrogens with one attached hydrogen (secondary N) is 1. The van der Waals surface area contributed by atoms with E-state index in [2.05, 4.69) is 43.2 Å². The Balaban J connectivity index is 1.75. The highest BCUT2D eigenvalue weighted by Gasteiger charge is 2.13. The number of aryl methyl sites for hydroxylation is 1. The number of amides is 1. The average molecular weight is 556 g/mol. The zero-order valence-electron chi connectivity index (χ0n) is 17.5. The number of ether oxygens (including phenoxy) is 2. The van der Waals surface area contributed by atoms with Crippen LogP contribution in [0.1, 0.15) is 16.7 Å². The van der Waals surface area contributed by atoms with Crippen molar-refractivity contribution >= 4 is 49.5 Å². The molecular formula is C25H20Br2N2O3. The number of rotatable bonds is 7. The largest absolute Gasteiger partial charge is 0.497 e. The summed E-state index contributed by atoms with van der Waals surface area (Å²) in [5, 5.41) is 12.2. The van der Waals surface area contributed by atoms with Crippen molar-refractivity contribution in [2.45, 2.75) is 13.5 Å². The predicted molar refractivity (Wildman–Crippen MR) is 133 cm³/mol. The molecule has 1 amide bonds. The number of nitriles is 1. The van der Waals surface area contributed by atoms with Gasteiger partial charge in [-0.2, -0.15) is 5.26 Å². The van der Waals surface area contributed by atoms with E-state index < -0.39 is 5.91 Å². The van der Waals surface area contributed by atoms with E-state index in [-0.39, 0.29) is 5.57 Å². The fourth-order valence-electron chi connectivity index (χ4n) is 2.95. The Labute approximate surface area is 203 Å². The fraction of sp³-hybridized carbons (Fsp3) is 0.120. The van der Waals surface area contributed by atoms with Crippen LogP contribution in [0.4, 0.5) is 5.69 Å². The van der Waals surface area contributed by atoms with Gasteiger partial charge in [-0.25, -0.2) is 0 Å². The zero-order chi connectivity index (χ0) is 23.1. The maximum atomic E-state index is 12.5. The highest BCUT2D eigenvalue weighted by Crippen LogP contribution is 2.36. The predicted octanol–water partition coefficient (Wildman–Crippen LogP) is 6.65. The number of methoxy groups -OCH3 is 1. The minimum atomic E-state index is -0.496. The number of carbonyl (C=O) groups excluding carboxylic acids is 1. The van der Waals surface area contributed by atoms with Gasteiger partial charge >= 0.3 is 0 Å². The Morgan fingerprint density at radius 1 is 1.09 bits per heavy atom. The summed E-state index contributed by atoms with van der Waals surface area (Å²) < 4.78 is 12.5. The maximum absolute atomic E-state index is 12.5. The van der Waals surface area contributed by atoms with Crippen LogP contribution in [0, 0.1) is 18.3 Å². The Bertz CT molecular complexity index is 1180. The molecule has 162 valence electrons. The van der Waals surface area contributed by atoms with E-state index in [9.17, 15) is 10.1 Å². The molecule has 3 aromatic rings. The second-order valence-corrected chi connectivity index (χ2v) is 8.65. The molecule has 3 rings (SSSR count). The van der Waals surface area contributed by atoms with E-state index in [1.54, 1.807) is 43.5 Å². The molecule has 0 fully saturated rings. The van der Waals surface area contributed by atoms with E-state index in [0.717, 1.165) is 5.56 Å². The number of benzene rings is 3. The molecule has 0 aromatic heterocycles. The summed E-state index contributed by atoms with van der Waals surface area (Å²) in [5.41, 5.74) is 3.46. The van der Waals surface area contributed by atoms with Gasteiger partial charge in [-0.05, 0) is 92.4 Å². The number of hydrogen-bond acceptors (Lipinski definition) is 4. The van der Waals surface area contributed by atoms with E-state index in [0.29, 0.717) is 38.3 Å². The first-order valence-electron chi connectivity index (χ1n) is 9.64. The van der Waals surface area contributed by atoms with Gasteiger partial charge in [0.25, 0.3) is 5.91 Å². The lowest BCUT2D eigenvalue weighted by Crippen LogP contribution is -2.13. The van der Waals surface area contributed by atoms with Gasteiger partial charge in [0.1, 0.15) is 29.7 Å². The van der Waals surface area contributed by atoms with Crippen LogP contribution in [0.25, 0.3) is 6.08 Å². The molecule has 0 atom stereocenters. The van der Waals surface area contributed by atoms with Crippen molar-refractivity contribution in [3.63, 3.8) is 0 Å². The number of anilines is 1. The maximum Gasteiger partial charge on any atom is 0.266 e. The lowest BCUT2D eigenvalue weighted by Gasteiger charge is -2.12. The smallest absolute Gasteiger partial charge is 0.266 e. The third kappa shape index (κ3) is 6.22. The summed E-state index contributed by atoms with van der Waals surface area (Å²) in [6.07, 6.45) is 1.53. The molecule has 0 aliphatic rings. The molecule has 0 radical (unpaired) electrons. The summed E-state index contributed by atoms with van der Waals surface area (Å²) in [5.74, 6) is 0.827. The molecule has 0 unspecified atom stereocenters. The monoisotopic (exact) mass is 554 g/mol. The molecule has 5 nitrogen and oxygen atoms in total. The zero-order valence-corrected chi connectivity index (χ0v) is 20.7. The van der Waals surface area contributed by atoms with E-state index in [1.165, 1.54) is 11.6 Å². The van der Waals surface area contributed by atoms with Crippen LogP contribution in [0.3, 0.4) is 0 Å². The van der Waals surface area contributed by atoms with Gasteiger partial charge in [0, 0.05) is 5.69 Å². The molecule has 0 saturated heterocycles. The Kier molecular flexibility index (Phi) is 8.09. The molecule has 0 aliphatic heterocycles. The molecule has 0 aliphatic carbocycles. The minimum absolute atomic E-state index is 0.0203. The first-order valence-corrected chi connectivity index (χ1v) is 11.2. The molecule has 1 N–H and O–H groups in total. The molecular weight excluding hydrogens is 536 g/mol. The van der Waals surface area contributed by atoms with Crippen LogP contribution in [-0.2, 0) is 11.4 Å². The molecule has 0 bridgehead atoms. The van der Waals surface area contributed by atoms with Crippen LogP contribution >= 0.6 is 31.9 Å². The normalized spacial score (nSPS) is 10.9. The quantitative estimate of drug-likeness (QED) is 0.261. The van der Waals surface area contributed by atoms with Gasteiger partial charge in [0.2, 0.25) is 0 Å². The fourth-order valence-corrected chi connectivity index (χ4v) is 4.40. The van der Waals surface area contributed by atoms with Crippen LogP contribution in [0.2, 0.25) is 0 Å². The van der Waals surface area contributed by atoms with Gasteiger partial charge in [0.15, 0.2) is 0 Å². The highest BCUT2D eigenvalue weighted by atomic mass is 79.9. The van der Waals surface area contributed by atoms with Gasteiger partial charge < -0.3 is 14.8 Å². The van der Waals surface area contributed by atoms with Gasteiger partial charge in [0.05, 0.1) is 16.1 Å². The number of hydrogen-bond donors (Lipinski definition) is 1. The highest BCUT2D eigenvalue weighted by molar-refractivity contribution is 9.11. The first kappa shape index (κ1) is 23.6. The van der Waals surface area contributed by atoms with E-state index >= 15 is 0 Å². The second-order valence-electron chi connectivity index (χ2n) is 6.94. The molecule has 3 aromatic carbocycles.